The normalized spacial score (nSPS) is 15.8. The second-order valence-electron chi connectivity index (χ2n) is 7.71. The fourth-order valence-corrected chi connectivity index (χ4v) is 3.57. The minimum atomic E-state index is -0.360. The number of hydrogen-bond acceptors (Lipinski definition) is 5. The standard InChI is InChI=1S/C20H28FN5O2.ClH/c1-14(2)18-24-17(25-26(18)16-6-4-5-15(21)11-16)19(27)23-12-20(13-28-3)7-9-22-10-8-20;/h4-6,11,14,22H,7-10,12-13H2,1-3H3,(H,23,27);1H. The predicted octanol–water partition coefficient (Wildman–Crippen LogP) is 2.70. The minimum absolute atomic E-state index is 0. The summed E-state index contributed by atoms with van der Waals surface area (Å²) >= 11 is 0. The molecule has 0 saturated carbocycles. The van der Waals surface area contributed by atoms with Crippen LogP contribution in [0.2, 0.25) is 0 Å². The fourth-order valence-electron chi connectivity index (χ4n) is 3.57. The molecule has 1 saturated heterocycles. The maximum Gasteiger partial charge on any atom is 0.291 e. The van der Waals surface area contributed by atoms with Gasteiger partial charge in [0, 0.05) is 25.0 Å². The molecule has 0 bridgehead atoms. The maximum absolute atomic E-state index is 13.6. The molecular formula is C20H29ClFN5O2. The molecular weight excluding hydrogens is 397 g/mol. The first kappa shape index (κ1) is 23.3. The van der Waals surface area contributed by atoms with Crippen LogP contribution in [-0.2, 0) is 4.74 Å². The lowest BCUT2D eigenvalue weighted by Gasteiger charge is -2.37. The average Bonchev–Trinajstić information content (AvgIpc) is 3.13. The molecule has 1 aliphatic rings. The van der Waals surface area contributed by atoms with Crippen molar-refractivity contribution in [1.82, 2.24) is 25.4 Å². The number of halogens is 2. The number of carbonyl (C=O) groups is 1. The van der Waals surface area contributed by atoms with Gasteiger partial charge in [0.05, 0.1) is 12.3 Å². The Morgan fingerprint density at radius 1 is 1.38 bits per heavy atom. The van der Waals surface area contributed by atoms with Crippen molar-refractivity contribution in [2.75, 3.05) is 33.4 Å². The van der Waals surface area contributed by atoms with Gasteiger partial charge in [-0.05, 0) is 44.1 Å². The quantitative estimate of drug-likeness (QED) is 0.712. The summed E-state index contributed by atoms with van der Waals surface area (Å²) in [6.45, 7) is 6.84. The highest BCUT2D eigenvalue weighted by Gasteiger charge is 2.33. The molecule has 7 nitrogen and oxygen atoms in total. The van der Waals surface area contributed by atoms with Crippen LogP contribution in [0, 0.1) is 11.2 Å². The lowest BCUT2D eigenvalue weighted by Crippen LogP contribution is -2.47. The van der Waals surface area contributed by atoms with E-state index >= 15 is 0 Å². The van der Waals surface area contributed by atoms with Crippen molar-refractivity contribution in [3.8, 4) is 5.69 Å². The molecule has 1 fully saturated rings. The van der Waals surface area contributed by atoms with E-state index in [4.69, 9.17) is 4.74 Å². The van der Waals surface area contributed by atoms with E-state index in [0.717, 1.165) is 25.9 Å². The Kier molecular flexibility index (Phi) is 8.13. The van der Waals surface area contributed by atoms with Crippen LogP contribution in [0.1, 0.15) is 49.1 Å². The lowest BCUT2D eigenvalue weighted by atomic mass is 9.79. The summed E-state index contributed by atoms with van der Waals surface area (Å²) in [5.41, 5.74) is 0.464. The van der Waals surface area contributed by atoms with E-state index < -0.39 is 0 Å². The van der Waals surface area contributed by atoms with Crippen LogP contribution in [0.25, 0.3) is 5.69 Å². The summed E-state index contributed by atoms with van der Waals surface area (Å²) in [4.78, 5) is 17.2. The number of carbonyl (C=O) groups excluding carboxylic acids is 1. The third-order valence-electron chi connectivity index (χ3n) is 5.14. The molecule has 0 radical (unpaired) electrons. The molecule has 1 aliphatic heterocycles. The number of piperidine rings is 1. The first-order valence-corrected chi connectivity index (χ1v) is 9.65. The molecule has 0 unspecified atom stereocenters. The largest absolute Gasteiger partial charge is 0.384 e. The summed E-state index contributed by atoms with van der Waals surface area (Å²) in [5, 5.41) is 10.7. The van der Waals surface area contributed by atoms with Gasteiger partial charge in [0.15, 0.2) is 0 Å². The van der Waals surface area contributed by atoms with Crippen LogP contribution in [-0.4, -0.2) is 54.0 Å². The molecule has 0 aliphatic carbocycles. The number of hydrogen-bond donors (Lipinski definition) is 2. The number of amides is 1. The molecule has 1 aromatic carbocycles. The highest BCUT2D eigenvalue weighted by Crippen LogP contribution is 2.28. The van der Waals surface area contributed by atoms with E-state index in [2.05, 4.69) is 20.7 Å². The Labute approximate surface area is 176 Å². The van der Waals surface area contributed by atoms with Gasteiger partial charge in [0.25, 0.3) is 5.91 Å². The third-order valence-corrected chi connectivity index (χ3v) is 5.14. The summed E-state index contributed by atoms with van der Waals surface area (Å²) in [6, 6.07) is 6.11. The Morgan fingerprint density at radius 2 is 2.10 bits per heavy atom. The smallest absolute Gasteiger partial charge is 0.291 e. The molecule has 3 rings (SSSR count). The number of rotatable bonds is 7. The van der Waals surface area contributed by atoms with Crippen LogP contribution in [0.5, 0.6) is 0 Å². The Balaban J connectivity index is 0.00000300. The molecule has 1 amide bonds. The third kappa shape index (κ3) is 5.52. The van der Waals surface area contributed by atoms with Crippen molar-refractivity contribution in [3.63, 3.8) is 0 Å². The zero-order valence-corrected chi connectivity index (χ0v) is 17.9. The Morgan fingerprint density at radius 3 is 2.72 bits per heavy atom. The van der Waals surface area contributed by atoms with Gasteiger partial charge in [-0.3, -0.25) is 4.79 Å². The number of benzene rings is 1. The number of aromatic nitrogens is 3. The molecule has 2 aromatic rings. The van der Waals surface area contributed by atoms with Gasteiger partial charge in [-0.15, -0.1) is 17.5 Å². The summed E-state index contributed by atoms with van der Waals surface area (Å²) in [6.07, 6.45) is 1.87. The van der Waals surface area contributed by atoms with E-state index in [9.17, 15) is 9.18 Å². The van der Waals surface area contributed by atoms with E-state index in [1.54, 1.807) is 19.2 Å². The van der Waals surface area contributed by atoms with Crippen LogP contribution < -0.4 is 10.6 Å². The summed E-state index contributed by atoms with van der Waals surface area (Å²) < 4.78 is 20.6. The van der Waals surface area contributed by atoms with E-state index in [-0.39, 0.29) is 41.3 Å². The second kappa shape index (κ2) is 10.1. The highest BCUT2D eigenvalue weighted by atomic mass is 35.5. The predicted molar refractivity (Wildman–Crippen MR) is 111 cm³/mol. The summed E-state index contributed by atoms with van der Waals surface area (Å²) in [7, 11) is 1.68. The number of nitrogens with zero attached hydrogens (tertiary/aromatic N) is 3. The van der Waals surface area contributed by atoms with Gasteiger partial charge >= 0.3 is 0 Å². The number of ether oxygens (including phenoxy) is 1. The fraction of sp³-hybridized carbons (Fsp3) is 0.550. The maximum atomic E-state index is 13.6. The molecule has 29 heavy (non-hydrogen) atoms. The first-order chi connectivity index (χ1) is 13.4. The second-order valence-corrected chi connectivity index (χ2v) is 7.71. The van der Waals surface area contributed by atoms with Crippen molar-refractivity contribution < 1.29 is 13.9 Å². The zero-order chi connectivity index (χ0) is 20.1. The molecule has 160 valence electrons. The van der Waals surface area contributed by atoms with Crippen molar-refractivity contribution in [1.29, 1.82) is 0 Å². The number of methoxy groups -OCH3 is 1. The highest BCUT2D eigenvalue weighted by molar-refractivity contribution is 5.90. The van der Waals surface area contributed by atoms with Crippen LogP contribution in [0.4, 0.5) is 4.39 Å². The van der Waals surface area contributed by atoms with Crippen LogP contribution in [0.3, 0.4) is 0 Å². The van der Waals surface area contributed by atoms with Gasteiger partial charge in [-0.2, -0.15) is 0 Å². The number of nitrogens with one attached hydrogen (secondary N) is 2. The molecule has 1 aromatic heterocycles. The van der Waals surface area contributed by atoms with Crippen molar-refractivity contribution >= 4 is 18.3 Å². The minimum Gasteiger partial charge on any atom is -0.384 e. The van der Waals surface area contributed by atoms with Gasteiger partial charge in [-0.1, -0.05) is 19.9 Å². The average molecular weight is 426 g/mol. The van der Waals surface area contributed by atoms with Crippen LogP contribution in [0.15, 0.2) is 24.3 Å². The van der Waals surface area contributed by atoms with Gasteiger partial charge in [-0.25, -0.2) is 14.1 Å². The molecule has 0 spiro atoms. The topological polar surface area (TPSA) is 81.1 Å². The molecule has 0 atom stereocenters. The van der Waals surface area contributed by atoms with Crippen LogP contribution >= 0.6 is 12.4 Å². The van der Waals surface area contributed by atoms with E-state index in [0.29, 0.717) is 24.7 Å². The van der Waals surface area contributed by atoms with E-state index in [1.807, 2.05) is 13.8 Å². The lowest BCUT2D eigenvalue weighted by molar-refractivity contribution is 0.0509. The van der Waals surface area contributed by atoms with Crippen molar-refractivity contribution in [2.24, 2.45) is 5.41 Å². The first-order valence-electron chi connectivity index (χ1n) is 9.65. The molecule has 9 heteroatoms. The molecule has 2 heterocycles. The Bertz CT molecular complexity index is 815. The van der Waals surface area contributed by atoms with Crippen molar-refractivity contribution in [3.05, 3.63) is 41.7 Å². The summed E-state index contributed by atoms with van der Waals surface area (Å²) in [5.74, 6) is 0.0486. The Hall–Kier alpha value is -2.03. The van der Waals surface area contributed by atoms with Gasteiger partial charge in [0.1, 0.15) is 11.6 Å². The monoisotopic (exact) mass is 425 g/mol. The zero-order valence-electron chi connectivity index (χ0n) is 17.1. The van der Waals surface area contributed by atoms with Gasteiger partial charge in [0.2, 0.25) is 5.82 Å². The van der Waals surface area contributed by atoms with E-state index in [1.165, 1.54) is 16.8 Å². The SMILES string of the molecule is COCC1(CNC(=O)c2nc(C(C)C)n(-c3cccc(F)c3)n2)CCNCC1.Cl. The van der Waals surface area contributed by atoms with Crippen molar-refractivity contribution in [2.45, 2.75) is 32.6 Å². The van der Waals surface area contributed by atoms with Gasteiger partial charge < -0.3 is 15.4 Å². The molecule has 2 N–H and O–H groups in total.